The average molecular weight is 314 g/mol. The van der Waals surface area contributed by atoms with Crippen molar-refractivity contribution in [3.8, 4) is 0 Å². The van der Waals surface area contributed by atoms with Gasteiger partial charge in [-0.2, -0.15) is 0 Å². The maximum atomic E-state index is 13.9. The quantitative estimate of drug-likeness (QED) is 0.899. The summed E-state index contributed by atoms with van der Waals surface area (Å²) in [5.74, 6) is -0.963. The number of sulfonamides is 1. The molecular formula is C14H19FN2O3S. The van der Waals surface area contributed by atoms with Crippen LogP contribution in [0.3, 0.4) is 0 Å². The van der Waals surface area contributed by atoms with Crippen LogP contribution < -0.4 is 5.14 Å². The van der Waals surface area contributed by atoms with Crippen molar-refractivity contribution in [2.45, 2.75) is 37.6 Å². The van der Waals surface area contributed by atoms with E-state index in [1.807, 2.05) is 13.8 Å². The van der Waals surface area contributed by atoms with Gasteiger partial charge in [-0.1, -0.05) is 13.8 Å². The first kappa shape index (κ1) is 15.9. The summed E-state index contributed by atoms with van der Waals surface area (Å²) in [5, 5.41) is 5.03. The minimum atomic E-state index is -3.97. The van der Waals surface area contributed by atoms with Crippen LogP contribution in [0.15, 0.2) is 23.1 Å². The summed E-state index contributed by atoms with van der Waals surface area (Å²) in [6.45, 7) is 4.46. The lowest BCUT2D eigenvalue weighted by molar-refractivity contribution is 0.0717. The first-order valence-electron chi connectivity index (χ1n) is 6.83. The van der Waals surface area contributed by atoms with Crippen molar-refractivity contribution >= 4 is 15.9 Å². The first-order valence-corrected chi connectivity index (χ1v) is 8.38. The van der Waals surface area contributed by atoms with Crippen LogP contribution in [-0.2, 0) is 10.0 Å². The topological polar surface area (TPSA) is 80.5 Å². The Hall–Kier alpha value is -1.47. The van der Waals surface area contributed by atoms with Gasteiger partial charge in [-0.25, -0.2) is 17.9 Å². The van der Waals surface area contributed by atoms with E-state index < -0.39 is 21.7 Å². The number of amides is 1. The number of hydrogen-bond acceptors (Lipinski definition) is 3. The van der Waals surface area contributed by atoms with Gasteiger partial charge in [0.05, 0.1) is 10.5 Å². The van der Waals surface area contributed by atoms with E-state index in [1.54, 1.807) is 4.90 Å². The maximum absolute atomic E-state index is 13.9. The highest BCUT2D eigenvalue weighted by Gasteiger charge is 2.34. The third-order valence-corrected chi connectivity index (χ3v) is 4.22. The SMILES string of the molecule is CC(C)CN(C(=O)c1cc(S(N)(=O)=O)ccc1F)C1CC1. The van der Waals surface area contributed by atoms with E-state index in [1.165, 1.54) is 0 Å². The standard InChI is InChI=1S/C14H19FN2O3S/c1-9(2)8-17(10-3-4-10)14(18)12-7-11(21(16,19)20)5-6-13(12)15/h5-7,9-10H,3-4,8H2,1-2H3,(H2,16,19,20). The molecule has 1 fully saturated rings. The molecule has 1 amide bonds. The Kier molecular flexibility index (Phi) is 4.34. The Bertz CT molecular complexity index is 654. The zero-order chi connectivity index (χ0) is 15.8. The van der Waals surface area contributed by atoms with Gasteiger partial charge in [-0.3, -0.25) is 4.79 Å². The highest BCUT2D eigenvalue weighted by Crippen LogP contribution is 2.30. The number of carbonyl (C=O) groups excluding carboxylic acids is 1. The zero-order valence-electron chi connectivity index (χ0n) is 12.0. The van der Waals surface area contributed by atoms with Gasteiger partial charge in [0.15, 0.2) is 0 Å². The van der Waals surface area contributed by atoms with Gasteiger partial charge < -0.3 is 4.90 Å². The molecule has 21 heavy (non-hydrogen) atoms. The Morgan fingerprint density at radius 3 is 2.52 bits per heavy atom. The van der Waals surface area contributed by atoms with Gasteiger partial charge in [0, 0.05) is 12.6 Å². The second-order valence-corrected chi connectivity index (χ2v) is 7.33. The van der Waals surface area contributed by atoms with E-state index in [4.69, 9.17) is 5.14 Å². The van der Waals surface area contributed by atoms with Crippen molar-refractivity contribution in [2.75, 3.05) is 6.54 Å². The normalized spacial score (nSPS) is 15.3. The summed E-state index contributed by atoms with van der Waals surface area (Å²) in [6, 6.07) is 3.17. The van der Waals surface area contributed by atoms with Gasteiger partial charge in [-0.15, -0.1) is 0 Å². The van der Waals surface area contributed by atoms with E-state index in [9.17, 15) is 17.6 Å². The number of halogens is 1. The van der Waals surface area contributed by atoms with E-state index in [-0.39, 0.29) is 22.4 Å². The summed E-state index contributed by atoms with van der Waals surface area (Å²) in [6.07, 6.45) is 1.80. The number of hydrogen-bond donors (Lipinski definition) is 1. The molecule has 0 unspecified atom stereocenters. The number of rotatable bonds is 5. The molecule has 0 spiro atoms. The maximum Gasteiger partial charge on any atom is 0.257 e. The molecule has 2 rings (SSSR count). The van der Waals surface area contributed by atoms with Crippen LogP contribution in [0.5, 0.6) is 0 Å². The van der Waals surface area contributed by atoms with E-state index in [0.29, 0.717) is 6.54 Å². The van der Waals surface area contributed by atoms with Crippen molar-refractivity contribution in [1.82, 2.24) is 4.90 Å². The predicted molar refractivity (Wildman–Crippen MR) is 76.7 cm³/mol. The highest BCUT2D eigenvalue weighted by molar-refractivity contribution is 7.89. The molecule has 116 valence electrons. The average Bonchev–Trinajstić information content (AvgIpc) is 3.18. The van der Waals surface area contributed by atoms with Gasteiger partial charge in [-0.05, 0) is 37.0 Å². The molecule has 0 radical (unpaired) electrons. The van der Waals surface area contributed by atoms with Crippen molar-refractivity contribution in [1.29, 1.82) is 0 Å². The van der Waals surface area contributed by atoms with Crippen LogP contribution in [0.25, 0.3) is 0 Å². The molecular weight excluding hydrogens is 295 g/mol. The molecule has 0 aromatic heterocycles. The summed E-state index contributed by atoms with van der Waals surface area (Å²) in [5.41, 5.74) is -0.242. The van der Waals surface area contributed by atoms with Gasteiger partial charge >= 0.3 is 0 Å². The fraction of sp³-hybridized carbons (Fsp3) is 0.500. The molecule has 1 saturated carbocycles. The van der Waals surface area contributed by atoms with E-state index in [2.05, 4.69) is 0 Å². The van der Waals surface area contributed by atoms with Crippen LogP contribution in [-0.4, -0.2) is 31.8 Å². The van der Waals surface area contributed by atoms with Crippen LogP contribution in [0.4, 0.5) is 4.39 Å². The third kappa shape index (κ3) is 3.79. The number of benzene rings is 1. The zero-order valence-corrected chi connectivity index (χ0v) is 12.9. The monoisotopic (exact) mass is 314 g/mol. The Morgan fingerprint density at radius 2 is 2.05 bits per heavy atom. The van der Waals surface area contributed by atoms with Gasteiger partial charge in [0.25, 0.3) is 5.91 Å². The van der Waals surface area contributed by atoms with Crippen LogP contribution in [0.2, 0.25) is 0 Å². The lowest BCUT2D eigenvalue weighted by Gasteiger charge is -2.24. The van der Waals surface area contributed by atoms with Crippen LogP contribution in [0, 0.1) is 11.7 Å². The smallest absolute Gasteiger partial charge is 0.257 e. The van der Waals surface area contributed by atoms with Crippen LogP contribution >= 0.6 is 0 Å². The fourth-order valence-electron chi connectivity index (χ4n) is 2.18. The van der Waals surface area contributed by atoms with Crippen molar-refractivity contribution in [2.24, 2.45) is 11.1 Å². The molecule has 7 heteroatoms. The largest absolute Gasteiger partial charge is 0.335 e. The second-order valence-electron chi connectivity index (χ2n) is 5.77. The summed E-state index contributed by atoms with van der Waals surface area (Å²) < 4.78 is 36.6. The van der Waals surface area contributed by atoms with E-state index >= 15 is 0 Å². The lowest BCUT2D eigenvalue weighted by atomic mass is 10.1. The van der Waals surface area contributed by atoms with Crippen molar-refractivity contribution in [3.05, 3.63) is 29.6 Å². The molecule has 1 aromatic carbocycles. The van der Waals surface area contributed by atoms with Gasteiger partial charge in [0.1, 0.15) is 5.82 Å². The summed E-state index contributed by atoms with van der Waals surface area (Å²) in [7, 11) is -3.97. The first-order chi connectivity index (χ1) is 9.70. The third-order valence-electron chi connectivity index (χ3n) is 3.31. The van der Waals surface area contributed by atoms with Crippen molar-refractivity contribution < 1.29 is 17.6 Å². The molecule has 1 aliphatic carbocycles. The number of nitrogens with two attached hydrogens (primary N) is 1. The Morgan fingerprint density at radius 1 is 1.43 bits per heavy atom. The molecule has 5 nitrogen and oxygen atoms in total. The molecule has 0 aliphatic heterocycles. The molecule has 0 heterocycles. The fourth-order valence-corrected chi connectivity index (χ4v) is 2.72. The highest BCUT2D eigenvalue weighted by atomic mass is 32.2. The summed E-state index contributed by atoms with van der Waals surface area (Å²) >= 11 is 0. The van der Waals surface area contributed by atoms with Gasteiger partial charge in [0.2, 0.25) is 10.0 Å². The minimum Gasteiger partial charge on any atom is -0.335 e. The molecule has 1 aromatic rings. The molecule has 1 aliphatic rings. The second kappa shape index (κ2) is 5.73. The molecule has 0 saturated heterocycles. The number of nitrogens with zero attached hydrogens (tertiary/aromatic N) is 1. The van der Waals surface area contributed by atoms with E-state index in [0.717, 1.165) is 31.0 Å². The molecule has 0 bridgehead atoms. The molecule has 2 N–H and O–H groups in total. The number of carbonyl (C=O) groups is 1. The van der Waals surface area contributed by atoms with Crippen molar-refractivity contribution in [3.63, 3.8) is 0 Å². The Labute approximate surface area is 124 Å². The summed E-state index contributed by atoms with van der Waals surface area (Å²) in [4.78, 5) is 13.9. The number of primary sulfonamides is 1. The Balaban J connectivity index is 2.37. The van der Waals surface area contributed by atoms with Crippen LogP contribution in [0.1, 0.15) is 37.0 Å². The predicted octanol–water partition coefficient (Wildman–Crippen LogP) is 1.73. The lowest BCUT2D eigenvalue weighted by Crippen LogP contribution is -2.36. The minimum absolute atomic E-state index is 0.123. The molecule has 0 atom stereocenters.